The van der Waals surface area contributed by atoms with E-state index in [9.17, 15) is 0 Å². The maximum atomic E-state index is 6.11. The molecule has 19 heavy (non-hydrogen) atoms. The average molecular weight is 258 g/mol. The standard InChI is InChI=1S/C15H22N4/c1-2-10-3-5-12(6-4-10)18-15-8-14-11(7-13(15)16)9-17-19-14/h7-10,12,18H,2-6,16H2,1H3,(H,17,19). The van der Waals surface area contributed by atoms with Gasteiger partial charge < -0.3 is 11.1 Å². The zero-order valence-electron chi connectivity index (χ0n) is 11.4. The number of H-pyrrole nitrogens is 1. The van der Waals surface area contributed by atoms with Crippen LogP contribution in [0.25, 0.3) is 10.9 Å². The molecular weight excluding hydrogens is 236 g/mol. The number of fused-ring (bicyclic) bond motifs is 1. The van der Waals surface area contributed by atoms with Crippen LogP contribution in [0.15, 0.2) is 18.3 Å². The third-order valence-electron chi connectivity index (χ3n) is 4.39. The highest BCUT2D eigenvalue weighted by atomic mass is 15.1. The van der Waals surface area contributed by atoms with Crippen molar-refractivity contribution in [2.75, 3.05) is 11.1 Å². The highest BCUT2D eigenvalue weighted by Gasteiger charge is 2.20. The van der Waals surface area contributed by atoms with Gasteiger partial charge in [-0.15, -0.1) is 0 Å². The molecule has 1 aliphatic rings. The summed E-state index contributed by atoms with van der Waals surface area (Å²) in [7, 11) is 0. The highest BCUT2D eigenvalue weighted by molar-refractivity contribution is 5.88. The van der Waals surface area contributed by atoms with Crippen molar-refractivity contribution in [1.82, 2.24) is 10.2 Å². The van der Waals surface area contributed by atoms with E-state index < -0.39 is 0 Å². The van der Waals surface area contributed by atoms with Crippen LogP contribution in [-0.4, -0.2) is 16.2 Å². The maximum absolute atomic E-state index is 6.11. The number of nitrogens with zero attached hydrogens (tertiary/aromatic N) is 1. The molecule has 0 amide bonds. The minimum atomic E-state index is 0.561. The molecule has 3 rings (SSSR count). The molecule has 4 N–H and O–H groups in total. The van der Waals surface area contributed by atoms with Crippen molar-refractivity contribution in [3.63, 3.8) is 0 Å². The van der Waals surface area contributed by atoms with Gasteiger partial charge in [0.15, 0.2) is 0 Å². The SMILES string of the molecule is CCC1CCC(Nc2cc3[nH]ncc3cc2N)CC1. The number of hydrogen-bond acceptors (Lipinski definition) is 3. The number of anilines is 2. The van der Waals surface area contributed by atoms with Crippen LogP contribution < -0.4 is 11.1 Å². The Morgan fingerprint density at radius 3 is 2.84 bits per heavy atom. The first-order valence-electron chi connectivity index (χ1n) is 7.25. The monoisotopic (exact) mass is 258 g/mol. The molecule has 0 atom stereocenters. The Morgan fingerprint density at radius 2 is 2.11 bits per heavy atom. The average Bonchev–Trinajstić information content (AvgIpc) is 2.87. The fraction of sp³-hybridized carbons (Fsp3) is 0.533. The molecular formula is C15H22N4. The summed E-state index contributed by atoms with van der Waals surface area (Å²) < 4.78 is 0. The quantitative estimate of drug-likeness (QED) is 0.738. The Bertz CT molecular complexity index is 552. The number of aromatic nitrogens is 2. The summed E-state index contributed by atoms with van der Waals surface area (Å²) in [6.45, 7) is 2.29. The van der Waals surface area contributed by atoms with Crippen LogP contribution in [0.4, 0.5) is 11.4 Å². The van der Waals surface area contributed by atoms with Gasteiger partial charge in [0.25, 0.3) is 0 Å². The number of nitrogen functional groups attached to an aromatic ring is 1. The van der Waals surface area contributed by atoms with Crippen molar-refractivity contribution < 1.29 is 0 Å². The second-order valence-electron chi connectivity index (χ2n) is 5.67. The zero-order chi connectivity index (χ0) is 13.2. The number of aromatic amines is 1. The largest absolute Gasteiger partial charge is 0.397 e. The first-order valence-corrected chi connectivity index (χ1v) is 7.25. The van der Waals surface area contributed by atoms with Crippen molar-refractivity contribution in [3.05, 3.63) is 18.3 Å². The van der Waals surface area contributed by atoms with Gasteiger partial charge in [-0.3, -0.25) is 5.10 Å². The molecule has 1 saturated carbocycles. The van der Waals surface area contributed by atoms with Gasteiger partial charge in [-0.2, -0.15) is 5.10 Å². The minimum Gasteiger partial charge on any atom is -0.397 e. The van der Waals surface area contributed by atoms with E-state index in [1.54, 1.807) is 0 Å². The van der Waals surface area contributed by atoms with Crippen molar-refractivity contribution in [3.8, 4) is 0 Å². The van der Waals surface area contributed by atoms with Gasteiger partial charge in [-0.1, -0.05) is 13.3 Å². The Morgan fingerprint density at radius 1 is 1.32 bits per heavy atom. The molecule has 0 unspecified atom stereocenters. The van der Waals surface area contributed by atoms with Gasteiger partial charge in [0.1, 0.15) is 0 Å². The van der Waals surface area contributed by atoms with Gasteiger partial charge in [0.2, 0.25) is 0 Å². The molecule has 102 valence electrons. The lowest BCUT2D eigenvalue weighted by molar-refractivity contribution is 0.330. The van der Waals surface area contributed by atoms with Gasteiger partial charge >= 0.3 is 0 Å². The predicted molar refractivity (Wildman–Crippen MR) is 80.2 cm³/mol. The lowest BCUT2D eigenvalue weighted by Gasteiger charge is -2.29. The molecule has 1 fully saturated rings. The second kappa shape index (κ2) is 5.11. The lowest BCUT2D eigenvalue weighted by Crippen LogP contribution is -2.26. The van der Waals surface area contributed by atoms with Crippen LogP contribution in [-0.2, 0) is 0 Å². The number of rotatable bonds is 3. The normalized spacial score (nSPS) is 23.6. The summed E-state index contributed by atoms with van der Waals surface area (Å²) in [6, 6.07) is 4.62. The molecule has 4 nitrogen and oxygen atoms in total. The summed E-state index contributed by atoms with van der Waals surface area (Å²) >= 11 is 0. The number of hydrogen-bond donors (Lipinski definition) is 3. The van der Waals surface area contributed by atoms with E-state index in [4.69, 9.17) is 5.73 Å². The van der Waals surface area contributed by atoms with E-state index in [0.29, 0.717) is 6.04 Å². The van der Waals surface area contributed by atoms with Crippen LogP contribution in [0.2, 0.25) is 0 Å². The van der Waals surface area contributed by atoms with Crippen molar-refractivity contribution in [2.24, 2.45) is 5.92 Å². The van der Waals surface area contributed by atoms with Crippen molar-refractivity contribution in [2.45, 2.75) is 45.1 Å². The van der Waals surface area contributed by atoms with Gasteiger partial charge in [-0.25, -0.2) is 0 Å². The molecule has 4 heteroatoms. The summed E-state index contributed by atoms with van der Waals surface area (Å²) in [5.74, 6) is 0.922. The maximum Gasteiger partial charge on any atom is 0.0672 e. The molecule has 1 aromatic carbocycles. The molecule has 0 saturated heterocycles. The molecule has 0 aliphatic heterocycles. The minimum absolute atomic E-state index is 0.561. The third kappa shape index (κ3) is 2.53. The van der Waals surface area contributed by atoms with E-state index in [1.165, 1.54) is 32.1 Å². The highest BCUT2D eigenvalue weighted by Crippen LogP contribution is 2.31. The van der Waals surface area contributed by atoms with E-state index in [2.05, 4.69) is 28.5 Å². The van der Waals surface area contributed by atoms with Gasteiger partial charge in [-0.05, 0) is 43.7 Å². The Kier molecular flexibility index (Phi) is 3.32. The van der Waals surface area contributed by atoms with Gasteiger partial charge in [0, 0.05) is 11.4 Å². The Hall–Kier alpha value is -1.71. The first-order chi connectivity index (χ1) is 9.26. The molecule has 0 bridgehead atoms. The van der Waals surface area contributed by atoms with E-state index in [0.717, 1.165) is 28.2 Å². The second-order valence-corrected chi connectivity index (χ2v) is 5.67. The van der Waals surface area contributed by atoms with Crippen LogP contribution in [0.1, 0.15) is 39.0 Å². The van der Waals surface area contributed by atoms with Gasteiger partial charge in [0.05, 0.1) is 23.1 Å². The summed E-state index contributed by atoms with van der Waals surface area (Å²) in [5.41, 5.74) is 9.00. The van der Waals surface area contributed by atoms with E-state index >= 15 is 0 Å². The number of nitrogens with two attached hydrogens (primary N) is 1. The Labute approximate surface area is 113 Å². The van der Waals surface area contributed by atoms with Crippen LogP contribution in [0, 0.1) is 5.92 Å². The number of benzene rings is 1. The predicted octanol–water partition coefficient (Wildman–Crippen LogP) is 3.53. The first kappa shape index (κ1) is 12.3. The molecule has 2 aromatic rings. The van der Waals surface area contributed by atoms with E-state index in [1.807, 2.05) is 12.3 Å². The zero-order valence-corrected chi connectivity index (χ0v) is 11.4. The van der Waals surface area contributed by atoms with Crippen LogP contribution in [0.3, 0.4) is 0 Å². The molecule has 1 aromatic heterocycles. The fourth-order valence-corrected chi connectivity index (χ4v) is 3.07. The van der Waals surface area contributed by atoms with Crippen molar-refractivity contribution >= 4 is 22.3 Å². The lowest BCUT2D eigenvalue weighted by atomic mass is 9.84. The molecule has 0 radical (unpaired) electrons. The fourth-order valence-electron chi connectivity index (χ4n) is 3.07. The third-order valence-corrected chi connectivity index (χ3v) is 4.39. The molecule has 1 aliphatic carbocycles. The topological polar surface area (TPSA) is 66.7 Å². The Balaban J connectivity index is 1.72. The molecule has 1 heterocycles. The summed E-state index contributed by atoms with van der Waals surface area (Å²) in [5, 5.41) is 11.7. The molecule has 0 spiro atoms. The summed E-state index contributed by atoms with van der Waals surface area (Å²) in [6.07, 6.45) is 8.29. The van der Waals surface area contributed by atoms with Crippen LogP contribution in [0.5, 0.6) is 0 Å². The number of nitrogens with one attached hydrogen (secondary N) is 2. The summed E-state index contributed by atoms with van der Waals surface area (Å²) in [4.78, 5) is 0. The van der Waals surface area contributed by atoms with Crippen LogP contribution >= 0.6 is 0 Å². The smallest absolute Gasteiger partial charge is 0.0672 e. The van der Waals surface area contributed by atoms with Crippen molar-refractivity contribution in [1.29, 1.82) is 0 Å². The van der Waals surface area contributed by atoms with E-state index in [-0.39, 0.29) is 0 Å².